The minimum Gasteiger partial charge on any atom is -0.462 e. The van der Waals surface area contributed by atoms with Crippen molar-refractivity contribution in [1.82, 2.24) is 15.2 Å². The predicted octanol–water partition coefficient (Wildman–Crippen LogP) is 2.02. The molecule has 2 aromatic rings. The summed E-state index contributed by atoms with van der Waals surface area (Å²) < 4.78 is 11.1. The molecule has 166 valence electrons. The number of aromatic nitrogens is 1. The number of rotatable bonds is 5. The Morgan fingerprint density at radius 1 is 1.31 bits per heavy atom. The number of likely N-dealkylation sites (N-methyl/N-ethyl adjacent to an activating group) is 1. The van der Waals surface area contributed by atoms with Crippen molar-refractivity contribution in [3.8, 4) is 0 Å². The van der Waals surface area contributed by atoms with Crippen molar-refractivity contribution < 1.29 is 23.9 Å². The first kappa shape index (κ1) is 20.6. The highest BCUT2D eigenvalue weighted by molar-refractivity contribution is 5.97. The molecule has 1 fully saturated rings. The van der Waals surface area contributed by atoms with Crippen molar-refractivity contribution in [2.24, 2.45) is 11.8 Å². The van der Waals surface area contributed by atoms with Crippen LogP contribution in [0.4, 0.5) is 0 Å². The fourth-order valence-corrected chi connectivity index (χ4v) is 4.98. The zero-order valence-electron chi connectivity index (χ0n) is 18.1. The third-order valence-corrected chi connectivity index (χ3v) is 6.64. The zero-order chi connectivity index (χ0) is 22.5. The maximum Gasteiger partial charge on any atom is 0.351 e. The van der Waals surface area contributed by atoms with Crippen LogP contribution in [0.15, 0.2) is 36.4 Å². The number of amides is 1. The summed E-state index contributed by atoms with van der Waals surface area (Å²) in [5.74, 6) is -2.50. The Kier molecular flexibility index (Phi) is 4.97. The molecule has 0 spiro atoms. The van der Waals surface area contributed by atoms with Crippen molar-refractivity contribution >= 4 is 34.4 Å². The lowest BCUT2D eigenvalue weighted by atomic mass is 9.72. The summed E-state index contributed by atoms with van der Waals surface area (Å²) in [6.45, 7) is 4.62. The topological polar surface area (TPSA) is 97.8 Å². The van der Waals surface area contributed by atoms with Crippen molar-refractivity contribution in [1.29, 1.82) is 0 Å². The molecule has 8 nitrogen and oxygen atoms in total. The van der Waals surface area contributed by atoms with Crippen LogP contribution >= 0.6 is 0 Å². The Morgan fingerprint density at radius 2 is 2.12 bits per heavy atom. The normalized spacial score (nSPS) is 26.2. The molecule has 0 bridgehead atoms. The van der Waals surface area contributed by atoms with E-state index in [1.165, 1.54) is 0 Å². The van der Waals surface area contributed by atoms with Gasteiger partial charge in [0.05, 0.1) is 35.9 Å². The summed E-state index contributed by atoms with van der Waals surface area (Å²) >= 11 is 0. The first-order valence-electron chi connectivity index (χ1n) is 11.0. The molecule has 3 atom stereocenters. The zero-order valence-corrected chi connectivity index (χ0v) is 18.1. The molecule has 8 heteroatoms. The number of para-hydroxylation sites is 1. The van der Waals surface area contributed by atoms with Gasteiger partial charge in [-0.3, -0.25) is 9.59 Å². The van der Waals surface area contributed by atoms with Crippen molar-refractivity contribution in [3.05, 3.63) is 47.7 Å². The molecule has 32 heavy (non-hydrogen) atoms. The molecule has 1 aromatic carbocycles. The van der Waals surface area contributed by atoms with Gasteiger partial charge in [-0.1, -0.05) is 32.0 Å². The van der Waals surface area contributed by atoms with Crippen LogP contribution in [0.5, 0.6) is 0 Å². The van der Waals surface area contributed by atoms with E-state index in [4.69, 9.17) is 14.5 Å². The van der Waals surface area contributed by atoms with Gasteiger partial charge in [-0.05, 0) is 31.2 Å². The minimum atomic E-state index is -1.54. The summed E-state index contributed by atoms with van der Waals surface area (Å²) in [5.41, 5.74) is 1.67. The number of esters is 2. The molecule has 5 rings (SSSR count). The van der Waals surface area contributed by atoms with Gasteiger partial charge in [0, 0.05) is 16.9 Å². The van der Waals surface area contributed by atoms with E-state index in [-0.39, 0.29) is 25.5 Å². The van der Waals surface area contributed by atoms with E-state index in [0.717, 1.165) is 22.2 Å². The highest BCUT2D eigenvalue weighted by atomic mass is 16.6. The second-order valence-corrected chi connectivity index (χ2v) is 8.39. The number of benzene rings is 1. The summed E-state index contributed by atoms with van der Waals surface area (Å²) in [7, 11) is 0. The molecule has 3 aliphatic heterocycles. The van der Waals surface area contributed by atoms with Crippen LogP contribution in [0.2, 0.25) is 0 Å². The number of fused-ring (bicyclic) bond motifs is 5. The molecule has 0 aliphatic carbocycles. The molecule has 0 saturated carbocycles. The molecule has 4 heterocycles. The minimum absolute atomic E-state index is 0.0179. The second kappa shape index (κ2) is 7.70. The fourth-order valence-electron chi connectivity index (χ4n) is 4.98. The summed E-state index contributed by atoms with van der Waals surface area (Å²) in [5, 5.41) is 3.92. The van der Waals surface area contributed by atoms with Crippen molar-refractivity contribution in [2.45, 2.75) is 32.4 Å². The lowest BCUT2D eigenvalue weighted by molar-refractivity contribution is -0.204. The van der Waals surface area contributed by atoms with Crippen LogP contribution in [0.25, 0.3) is 16.6 Å². The first-order chi connectivity index (χ1) is 15.5. The van der Waals surface area contributed by atoms with Gasteiger partial charge in [-0.25, -0.2) is 9.78 Å². The number of nitrogens with zero attached hydrogens (tertiary/aromatic N) is 2. The quantitative estimate of drug-likeness (QED) is 0.718. The van der Waals surface area contributed by atoms with Crippen LogP contribution in [0, 0.1) is 11.8 Å². The highest BCUT2D eigenvalue weighted by Gasteiger charge is 2.59. The number of ether oxygens (including phenoxy) is 2. The molecule has 0 radical (unpaired) electrons. The Morgan fingerprint density at radius 3 is 2.91 bits per heavy atom. The summed E-state index contributed by atoms with van der Waals surface area (Å²) in [4.78, 5) is 45.4. The van der Waals surface area contributed by atoms with E-state index >= 15 is 0 Å². The van der Waals surface area contributed by atoms with Crippen LogP contribution in [-0.4, -0.2) is 53.0 Å². The van der Waals surface area contributed by atoms with Crippen LogP contribution in [0.1, 0.15) is 31.5 Å². The number of hydrogen-bond donors (Lipinski definition) is 1. The molecular weight excluding hydrogens is 410 g/mol. The maximum atomic E-state index is 13.5. The van der Waals surface area contributed by atoms with E-state index < -0.39 is 29.4 Å². The van der Waals surface area contributed by atoms with Gasteiger partial charge >= 0.3 is 11.9 Å². The van der Waals surface area contributed by atoms with Gasteiger partial charge in [-0.15, -0.1) is 0 Å². The maximum absolute atomic E-state index is 13.5. The summed E-state index contributed by atoms with van der Waals surface area (Å²) in [6.07, 6.45) is 2.10. The monoisotopic (exact) mass is 435 g/mol. The highest BCUT2D eigenvalue weighted by Crippen LogP contribution is 2.47. The largest absolute Gasteiger partial charge is 0.462 e. The van der Waals surface area contributed by atoms with E-state index in [1.54, 1.807) is 11.8 Å². The van der Waals surface area contributed by atoms with Crippen LogP contribution in [0.3, 0.4) is 0 Å². The third kappa shape index (κ3) is 3.01. The molecule has 3 aliphatic rings. The Hall–Kier alpha value is -3.26. The summed E-state index contributed by atoms with van der Waals surface area (Å²) in [6, 6.07) is 9.86. The molecular formula is C24H25N3O5. The van der Waals surface area contributed by atoms with E-state index in [0.29, 0.717) is 18.8 Å². The fraction of sp³-hybridized carbons (Fsp3) is 0.417. The Bertz CT molecular complexity index is 1160. The van der Waals surface area contributed by atoms with Crippen molar-refractivity contribution in [3.63, 3.8) is 0 Å². The van der Waals surface area contributed by atoms with E-state index in [9.17, 15) is 14.4 Å². The molecule has 2 unspecified atom stereocenters. The second-order valence-electron chi connectivity index (χ2n) is 8.39. The Labute approximate surface area is 185 Å². The smallest absolute Gasteiger partial charge is 0.351 e. The van der Waals surface area contributed by atoms with Gasteiger partial charge in [0.2, 0.25) is 11.5 Å². The van der Waals surface area contributed by atoms with Gasteiger partial charge in [-0.2, -0.15) is 0 Å². The van der Waals surface area contributed by atoms with E-state index in [1.807, 2.05) is 37.3 Å². The van der Waals surface area contributed by atoms with Gasteiger partial charge in [0.15, 0.2) is 0 Å². The number of nitrogens with one attached hydrogen (secondary N) is 1. The van der Waals surface area contributed by atoms with Crippen molar-refractivity contribution in [2.75, 3.05) is 19.7 Å². The molecule has 1 N–H and O–H groups in total. The van der Waals surface area contributed by atoms with Crippen LogP contribution in [-0.2, 0) is 30.4 Å². The molecule has 1 saturated heterocycles. The van der Waals surface area contributed by atoms with E-state index in [2.05, 4.69) is 11.4 Å². The number of carbonyl (C=O) groups excluding carboxylic acids is 3. The molecule has 1 aromatic heterocycles. The number of cyclic esters (lactones) is 1. The third-order valence-electron chi connectivity index (χ3n) is 6.64. The van der Waals surface area contributed by atoms with Gasteiger partial charge in [0.25, 0.3) is 0 Å². The average Bonchev–Trinajstić information content (AvgIpc) is 3.16. The molecule has 1 amide bonds. The standard InChI is InChI=1S/C24H25N3O5/c1-3-24(32-20(28)11-25-4-2)17-10-19-21-15(9-14-7-5-6-8-18(14)26-21)12-27(19)22(29)16(17)13-31-23(24)30/h5-10,16-17,25H,3-4,11-13H2,1-2H3/t16?,17?,24-/m0/s1. The SMILES string of the molecule is CCNCC(=O)O[C@]1(CC)C(=O)OCC2C(=O)N3Cc4cc5ccccc5nc4C3=CC21. The van der Waals surface area contributed by atoms with Gasteiger partial charge in [0.1, 0.15) is 6.61 Å². The van der Waals surface area contributed by atoms with Gasteiger partial charge < -0.3 is 19.7 Å². The van der Waals surface area contributed by atoms with Crippen LogP contribution < -0.4 is 5.32 Å². The lowest BCUT2D eigenvalue weighted by Crippen LogP contribution is -2.61. The predicted molar refractivity (Wildman–Crippen MR) is 116 cm³/mol. The first-order valence-corrected chi connectivity index (χ1v) is 11.0. The number of carbonyl (C=O) groups is 3. The average molecular weight is 435 g/mol. The number of pyridine rings is 1. The number of hydrogen-bond acceptors (Lipinski definition) is 7. The Balaban J connectivity index is 1.59. The lowest BCUT2D eigenvalue weighted by Gasteiger charge is -2.46.